The van der Waals surface area contributed by atoms with Crippen LogP contribution in [0.2, 0.25) is 5.02 Å². The highest BCUT2D eigenvalue weighted by Crippen LogP contribution is 2.46. The molecule has 0 saturated carbocycles. The monoisotopic (exact) mass is 485 g/mol. The van der Waals surface area contributed by atoms with Crippen molar-refractivity contribution in [3.05, 3.63) is 126 Å². The van der Waals surface area contributed by atoms with Gasteiger partial charge in [0.15, 0.2) is 0 Å². The molecule has 0 amide bonds. The predicted molar refractivity (Wildman–Crippen MR) is 154 cm³/mol. The second-order valence-corrected chi connectivity index (χ2v) is 10.2. The van der Waals surface area contributed by atoms with Gasteiger partial charge < -0.3 is 4.90 Å². The molecule has 1 aromatic heterocycles. The van der Waals surface area contributed by atoms with Crippen LogP contribution in [0, 0.1) is 0 Å². The van der Waals surface area contributed by atoms with Crippen molar-refractivity contribution in [1.29, 1.82) is 0 Å². The Labute approximate surface area is 212 Å². The second-order valence-electron chi connectivity index (χ2n) is 8.77. The van der Waals surface area contributed by atoms with Gasteiger partial charge in [0.2, 0.25) is 0 Å². The first kappa shape index (κ1) is 20.5. The van der Waals surface area contributed by atoms with Crippen LogP contribution in [0.25, 0.3) is 41.7 Å². The minimum absolute atomic E-state index is 0.782. The number of fused-ring (bicyclic) bond motifs is 6. The van der Waals surface area contributed by atoms with E-state index < -0.39 is 0 Å². The van der Waals surface area contributed by atoms with Crippen molar-refractivity contribution in [1.82, 2.24) is 0 Å². The van der Waals surface area contributed by atoms with Crippen molar-refractivity contribution in [3.63, 3.8) is 0 Å². The smallest absolute Gasteiger partial charge is 0.0605 e. The molecule has 0 radical (unpaired) electrons. The normalized spacial score (nSPS) is 11.6. The summed E-state index contributed by atoms with van der Waals surface area (Å²) in [5, 5.41) is 8.21. The van der Waals surface area contributed by atoms with E-state index in [1.165, 1.54) is 37.0 Å². The number of anilines is 3. The molecule has 166 valence electrons. The number of halogens is 1. The summed E-state index contributed by atoms with van der Waals surface area (Å²) in [6, 6.07) is 43.0. The Hall–Kier alpha value is -3.85. The minimum atomic E-state index is 0.782. The predicted octanol–water partition coefficient (Wildman–Crippen LogP) is 10.5. The lowest BCUT2D eigenvalue weighted by Gasteiger charge is -2.26. The highest BCUT2D eigenvalue weighted by atomic mass is 35.5. The zero-order chi connectivity index (χ0) is 23.4. The van der Waals surface area contributed by atoms with Gasteiger partial charge in [-0.2, -0.15) is 0 Å². The number of para-hydroxylation sites is 1. The summed E-state index contributed by atoms with van der Waals surface area (Å²) in [7, 11) is 0. The van der Waals surface area contributed by atoms with Crippen LogP contribution in [-0.2, 0) is 0 Å². The lowest BCUT2D eigenvalue weighted by Crippen LogP contribution is -2.09. The topological polar surface area (TPSA) is 3.24 Å². The Kier molecular flexibility index (Phi) is 4.76. The van der Waals surface area contributed by atoms with Gasteiger partial charge in [0.1, 0.15) is 0 Å². The van der Waals surface area contributed by atoms with Crippen LogP contribution < -0.4 is 4.90 Å². The molecule has 0 unspecified atom stereocenters. The third-order valence-corrected chi connectivity index (χ3v) is 8.28. The van der Waals surface area contributed by atoms with E-state index >= 15 is 0 Å². The molecule has 0 aliphatic rings. The van der Waals surface area contributed by atoms with Crippen molar-refractivity contribution in [2.24, 2.45) is 0 Å². The van der Waals surface area contributed by atoms with Gasteiger partial charge >= 0.3 is 0 Å². The van der Waals surface area contributed by atoms with Gasteiger partial charge in [-0.3, -0.25) is 0 Å². The molecular formula is C32H20ClNS. The fraction of sp³-hybridized carbons (Fsp3) is 0. The zero-order valence-electron chi connectivity index (χ0n) is 18.8. The summed E-state index contributed by atoms with van der Waals surface area (Å²) in [5.41, 5.74) is 3.26. The Morgan fingerprint density at radius 3 is 2.09 bits per heavy atom. The zero-order valence-corrected chi connectivity index (χ0v) is 20.4. The number of thiophene rings is 1. The fourth-order valence-electron chi connectivity index (χ4n) is 5.06. The average molecular weight is 486 g/mol. The van der Waals surface area contributed by atoms with Gasteiger partial charge in [-0.15, -0.1) is 11.3 Å². The minimum Gasteiger partial charge on any atom is -0.310 e. The number of hydrogen-bond donors (Lipinski definition) is 0. The van der Waals surface area contributed by atoms with E-state index in [-0.39, 0.29) is 0 Å². The molecule has 0 atom stereocenters. The number of benzene rings is 6. The molecule has 0 aliphatic carbocycles. The third-order valence-electron chi connectivity index (χ3n) is 6.66. The van der Waals surface area contributed by atoms with E-state index in [1.54, 1.807) is 11.3 Å². The van der Waals surface area contributed by atoms with E-state index in [9.17, 15) is 0 Å². The molecule has 0 spiro atoms. The Bertz CT molecular complexity index is 1870. The van der Waals surface area contributed by atoms with Crippen LogP contribution in [-0.4, -0.2) is 0 Å². The van der Waals surface area contributed by atoms with Crippen LogP contribution in [0.5, 0.6) is 0 Å². The van der Waals surface area contributed by atoms with Gasteiger partial charge in [-0.05, 0) is 64.0 Å². The summed E-state index contributed by atoms with van der Waals surface area (Å²) >= 11 is 8.75. The molecular weight excluding hydrogens is 466 g/mol. The van der Waals surface area contributed by atoms with E-state index in [0.29, 0.717) is 0 Å². The molecule has 0 N–H and O–H groups in total. The van der Waals surface area contributed by atoms with Gasteiger partial charge in [-0.25, -0.2) is 0 Å². The SMILES string of the molecule is Clc1cc(N(c2ccccc2)c2ccc3ccccc3c2)cc2c1sc1ccc3ccccc3c12. The van der Waals surface area contributed by atoms with Crippen molar-refractivity contribution in [2.45, 2.75) is 0 Å². The van der Waals surface area contributed by atoms with Crippen LogP contribution >= 0.6 is 22.9 Å². The number of rotatable bonds is 3. The molecule has 7 rings (SSSR count). The Balaban J connectivity index is 1.53. The van der Waals surface area contributed by atoms with Gasteiger partial charge in [0, 0.05) is 32.5 Å². The fourth-order valence-corrected chi connectivity index (χ4v) is 6.50. The Morgan fingerprint density at radius 2 is 1.23 bits per heavy atom. The molecule has 0 aliphatic heterocycles. The quantitative estimate of drug-likeness (QED) is 0.240. The molecule has 0 bridgehead atoms. The molecule has 35 heavy (non-hydrogen) atoms. The molecule has 1 heterocycles. The van der Waals surface area contributed by atoms with Crippen molar-refractivity contribution in [3.8, 4) is 0 Å². The first-order valence-corrected chi connectivity index (χ1v) is 12.8. The Morgan fingerprint density at radius 1 is 0.514 bits per heavy atom. The van der Waals surface area contributed by atoms with E-state index in [0.717, 1.165) is 26.8 Å². The summed E-state index contributed by atoms with van der Waals surface area (Å²) in [5.74, 6) is 0. The highest BCUT2D eigenvalue weighted by molar-refractivity contribution is 7.26. The van der Waals surface area contributed by atoms with Crippen LogP contribution in [0.4, 0.5) is 17.1 Å². The standard InChI is InChI=1S/C32H20ClNS/c33-29-20-26(19-28-31-27-13-7-6-9-22(27)15-17-30(31)35-32(28)29)34(24-11-2-1-3-12-24)25-16-14-21-8-4-5-10-23(21)18-25/h1-20H. The van der Waals surface area contributed by atoms with Gasteiger partial charge in [0.05, 0.1) is 9.72 Å². The number of hydrogen-bond acceptors (Lipinski definition) is 2. The molecule has 7 aromatic rings. The molecule has 6 aromatic carbocycles. The first-order chi connectivity index (χ1) is 17.3. The summed E-state index contributed by atoms with van der Waals surface area (Å²) < 4.78 is 2.39. The maximum atomic E-state index is 6.98. The van der Waals surface area contributed by atoms with Crippen LogP contribution in [0.3, 0.4) is 0 Å². The van der Waals surface area contributed by atoms with Crippen LogP contribution in [0.1, 0.15) is 0 Å². The van der Waals surface area contributed by atoms with E-state index in [1.807, 2.05) is 0 Å². The summed E-state index contributed by atoms with van der Waals surface area (Å²) in [6.45, 7) is 0. The maximum absolute atomic E-state index is 6.98. The van der Waals surface area contributed by atoms with E-state index in [2.05, 4.69) is 126 Å². The summed E-state index contributed by atoms with van der Waals surface area (Å²) in [4.78, 5) is 2.30. The van der Waals surface area contributed by atoms with Crippen LogP contribution in [0.15, 0.2) is 121 Å². The van der Waals surface area contributed by atoms with Gasteiger partial charge in [-0.1, -0.05) is 90.5 Å². The second kappa shape index (κ2) is 8.13. The van der Waals surface area contributed by atoms with Crippen molar-refractivity contribution in [2.75, 3.05) is 4.90 Å². The maximum Gasteiger partial charge on any atom is 0.0605 e. The van der Waals surface area contributed by atoms with Crippen molar-refractivity contribution < 1.29 is 0 Å². The molecule has 3 heteroatoms. The van der Waals surface area contributed by atoms with E-state index in [4.69, 9.17) is 11.6 Å². The van der Waals surface area contributed by atoms with Gasteiger partial charge in [0.25, 0.3) is 0 Å². The number of nitrogens with zero attached hydrogens (tertiary/aromatic N) is 1. The molecule has 0 saturated heterocycles. The largest absolute Gasteiger partial charge is 0.310 e. The first-order valence-electron chi connectivity index (χ1n) is 11.6. The lowest BCUT2D eigenvalue weighted by atomic mass is 10.0. The third kappa shape index (κ3) is 3.37. The van der Waals surface area contributed by atoms with Crippen molar-refractivity contribution >= 4 is 81.7 Å². The highest BCUT2D eigenvalue weighted by Gasteiger charge is 2.18. The average Bonchev–Trinajstić information content (AvgIpc) is 3.29. The summed E-state index contributed by atoms with van der Waals surface area (Å²) in [6.07, 6.45) is 0. The molecule has 0 fully saturated rings. The molecule has 1 nitrogen and oxygen atoms in total. The lowest BCUT2D eigenvalue weighted by molar-refractivity contribution is 1.30.